The molecule has 0 aliphatic rings. The number of nitrogens with one attached hydrogen (secondary N) is 1. The highest BCUT2D eigenvalue weighted by molar-refractivity contribution is 6.30. The van der Waals surface area contributed by atoms with Gasteiger partial charge in [-0.05, 0) is 55.7 Å². The van der Waals surface area contributed by atoms with Gasteiger partial charge in [0.25, 0.3) is 0 Å². The molecule has 0 aliphatic carbocycles. The van der Waals surface area contributed by atoms with Crippen LogP contribution in [0.3, 0.4) is 0 Å². The van der Waals surface area contributed by atoms with Crippen LogP contribution in [0.2, 0.25) is 5.02 Å². The molecule has 1 atom stereocenters. The molecule has 2 nitrogen and oxygen atoms in total. The second-order valence-corrected chi connectivity index (χ2v) is 5.91. The van der Waals surface area contributed by atoms with Gasteiger partial charge in [0.2, 0.25) is 5.91 Å². The number of rotatable bonds is 4. The first-order valence-corrected chi connectivity index (χ1v) is 7.65. The van der Waals surface area contributed by atoms with Crippen molar-refractivity contribution in [2.45, 2.75) is 26.8 Å². The predicted molar refractivity (Wildman–Crippen MR) is 93.0 cm³/mol. The third-order valence-electron chi connectivity index (χ3n) is 3.55. The van der Waals surface area contributed by atoms with Crippen LogP contribution >= 0.6 is 11.6 Å². The Kier molecular flexibility index (Phi) is 5.40. The molecule has 0 saturated heterocycles. The van der Waals surface area contributed by atoms with Gasteiger partial charge in [-0.15, -0.1) is 0 Å². The summed E-state index contributed by atoms with van der Waals surface area (Å²) in [6.45, 7) is 6.12. The molecule has 0 bridgehead atoms. The molecule has 2 rings (SSSR count). The van der Waals surface area contributed by atoms with Gasteiger partial charge in [0.1, 0.15) is 0 Å². The van der Waals surface area contributed by atoms with E-state index >= 15 is 0 Å². The minimum absolute atomic E-state index is 0.0250. The Balaban J connectivity index is 2.00. The first kappa shape index (κ1) is 16.3. The monoisotopic (exact) mass is 313 g/mol. The maximum atomic E-state index is 12.0. The summed E-state index contributed by atoms with van der Waals surface area (Å²) >= 11 is 5.83. The summed E-state index contributed by atoms with van der Waals surface area (Å²) in [4.78, 5) is 12.0. The minimum Gasteiger partial charge on any atom is -0.346 e. The summed E-state index contributed by atoms with van der Waals surface area (Å²) in [6, 6.07) is 13.6. The van der Waals surface area contributed by atoms with Crippen molar-refractivity contribution >= 4 is 23.6 Å². The Morgan fingerprint density at radius 3 is 2.45 bits per heavy atom. The van der Waals surface area contributed by atoms with E-state index in [1.807, 2.05) is 19.1 Å². The zero-order valence-corrected chi connectivity index (χ0v) is 13.8. The third kappa shape index (κ3) is 4.47. The summed E-state index contributed by atoms with van der Waals surface area (Å²) in [6.07, 6.45) is 3.32. The van der Waals surface area contributed by atoms with Gasteiger partial charge in [-0.3, -0.25) is 4.79 Å². The molecule has 2 aromatic rings. The van der Waals surface area contributed by atoms with E-state index in [2.05, 4.69) is 37.4 Å². The fourth-order valence-electron chi connectivity index (χ4n) is 2.40. The molecular formula is C19H20ClNO. The number of benzene rings is 2. The number of aryl methyl sites for hydroxylation is 2. The standard InChI is InChI=1S/C19H20ClNO/c1-13-4-10-18(14(2)12-13)15(3)21-19(22)11-7-16-5-8-17(20)9-6-16/h4-12,15H,1-3H3,(H,21,22)/b11-7+/t15-/m1/s1. The molecule has 1 amide bonds. The zero-order valence-electron chi connectivity index (χ0n) is 13.1. The molecule has 3 heteroatoms. The van der Waals surface area contributed by atoms with E-state index in [1.54, 1.807) is 24.3 Å². The average molecular weight is 314 g/mol. The summed E-state index contributed by atoms with van der Waals surface area (Å²) in [5.74, 6) is -0.109. The van der Waals surface area contributed by atoms with E-state index in [0.29, 0.717) is 5.02 Å². The van der Waals surface area contributed by atoms with Crippen molar-refractivity contribution < 1.29 is 4.79 Å². The van der Waals surface area contributed by atoms with Crippen LogP contribution in [-0.2, 0) is 4.79 Å². The van der Waals surface area contributed by atoms with Crippen molar-refractivity contribution in [1.29, 1.82) is 0 Å². The van der Waals surface area contributed by atoms with Crippen molar-refractivity contribution in [2.24, 2.45) is 0 Å². The smallest absolute Gasteiger partial charge is 0.244 e. The normalized spacial score (nSPS) is 12.4. The van der Waals surface area contributed by atoms with E-state index in [0.717, 1.165) is 11.1 Å². The molecule has 0 aliphatic heterocycles. The average Bonchev–Trinajstić information content (AvgIpc) is 2.46. The molecule has 0 saturated carbocycles. The summed E-state index contributed by atoms with van der Waals surface area (Å²) in [5.41, 5.74) is 4.49. The van der Waals surface area contributed by atoms with Crippen LogP contribution in [0.4, 0.5) is 0 Å². The molecule has 0 radical (unpaired) electrons. The highest BCUT2D eigenvalue weighted by Gasteiger charge is 2.09. The predicted octanol–water partition coefficient (Wildman–Crippen LogP) is 4.85. The molecule has 1 N–H and O–H groups in total. The number of amides is 1. The van der Waals surface area contributed by atoms with Gasteiger partial charge in [-0.2, -0.15) is 0 Å². The summed E-state index contributed by atoms with van der Waals surface area (Å²) in [5, 5.41) is 3.67. The molecule has 22 heavy (non-hydrogen) atoms. The molecular weight excluding hydrogens is 294 g/mol. The summed E-state index contributed by atoms with van der Waals surface area (Å²) < 4.78 is 0. The van der Waals surface area contributed by atoms with Gasteiger partial charge in [0.15, 0.2) is 0 Å². The zero-order chi connectivity index (χ0) is 16.1. The number of hydrogen-bond acceptors (Lipinski definition) is 1. The second kappa shape index (κ2) is 7.28. The molecule has 0 unspecified atom stereocenters. The molecule has 114 valence electrons. The fraction of sp³-hybridized carbons (Fsp3) is 0.211. The highest BCUT2D eigenvalue weighted by Crippen LogP contribution is 2.18. The van der Waals surface area contributed by atoms with Gasteiger partial charge in [0.05, 0.1) is 6.04 Å². The highest BCUT2D eigenvalue weighted by atomic mass is 35.5. The van der Waals surface area contributed by atoms with E-state index in [9.17, 15) is 4.79 Å². The minimum atomic E-state index is -0.109. The quantitative estimate of drug-likeness (QED) is 0.803. The lowest BCUT2D eigenvalue weighted by Gasteiger charge is -2.16. The van der Waals surface area contributed by atoms with E-state index in [-0.39, 0.29) is 11.9 Å². The van der Waals surface area contributed by atoms with Crippen molar-refractivity contribution in [3.63, 3.8) is 0 Å². The van der Waals surface area contributed by atoms with Crippen LogP contribution in [0, 0.1) is 13.8 Å². The number of hydrogen-bond donors (Lipinski definition) is 1. The van der Waals surface area contributed by atoms with E-state index in [1.165, 1.54) is 11.1 Å². The van der Waals surface area contributed by atoms with Crippen LogP contribution in [0.25, 0.3) is 6.08 Å². The van der Waals surface area contributed by atoms with Crippen molar-refractivity contribution in [2.75, 3.05) is 0 Å². The molecule has 0 spiro atoms. The Morgan fingerprint density at radius 1 is 1.14 bits per heavy atom. The lowest BCUT2D eigenvalue weighted by molar-refractivity contribution is -0.117. The third-order valence-corrected chi connectivity index (χ3v) is 3.80. The van der Waals surface area contributed by atoms with Crippen LogP contribution in [0.5, 0.6) is 0 Å². The van der Waals surface area contributed by atoms with Gasteiger partial charge in [-0.1, -0.05) is 47.5 Å². The molecule has 0 aromatic heterocycles. The van der Waals surface area contributed by atoms with Crippen LogP contribution in [0.15, 0.2) is 48.5 Å². The van der Waals surface area contributed by atoms with Crippen molar-refractivity contribution in [3.8, 4) is 0 Å². The largest absolute Gasteiger partial charge is 0.346 e. The Hall–Kier alpha value is -2.06. The van der Waals surface area contributed by atoms with Crippen LogP contribution in [-0.4, -0.2) is 5.91 Å². The van der Waals surface area contributed by atoms with Crippen molar-refractivity contribution in [1.82, 2.24) is 5.32 Å². The number of carbonyl (C=O) groups is 1. The Bertz CT molecular complexity index is 689. The molecule has 2 aromatic carbocycles. The Morgan fingerprint density at radius 2 is 1.82 bits per heavy atom. The van der Waals surface area contributed by atoms with Crippen LogP contribution in [0.1, 0.15) is 35.2 Å². The second-order valence-electron chi connectivity index (χ2n) is 5.48. The van der Waals surface area contributed by atoms with E-state index in [4.69, 9.17) is 11.6 Å². The maximum Gasteiger partial charge on any atom is 0.244 e. The topological polar surface area (TPSA) is 29.1 Å². The van der Waals surface area contributed by atoms with Crippen molar-refractivity contribution in [3.05, 3.63) is 75.8 Å². The fourth-order valence-corrected chi connectivity index (χ4v) is 2.52. The van der Waals surface area contributed by atoms with Gasteiger partial charge < -0.3 is 5.32 Å². The SMILES string of the molecule is Cc1ccc([C@@H](C)NC(=O)/C=C/c2ccc(Cl)cc2)c(C)c1. The molecule has 0 fully saturated rings. The van der Waals surface area contributed by atoms with Gasteiger partial charge in [-0.25, -0.2) is 0 Å². The van der Waals surface area contributed by atoms with Gasteiger partial charge >= 0.3 is 0 Å². The first-order valence-electron chi connectivity index (χ1n) is 7.27. The molecule has 0 heterocycles. The lowest BCUT2D eigenvalue weighted by atomic mass is 10.0. The first-order chi connectivity index (χ1) is 10.5. The van der Waals surface area contributed by atoms with Gasteiger partial charge in [0, 0.05) is 11.1 Å². The summed E-state index contributed by atoms with van der Waals surface area (Å²) in [7, 11) is 0. The number of carbonyl (C=O) groups excluding carboxylic acids is 1. The number of halogens is 1. The Labute approximate surface area is 136 Å². The van der Waals surface area contributed by atoms with E-state index < -0.39 is 0 Å². The lowest BCUT2D eigenvalue weighted by Crippen LogP contribution is -2.25. The van der Waals surface area contributed by atoms with Crippen LogP contribution < -0.4 is 5.32 Å². The maximum absolute atomic E-state index is 12.0.